The van der Waals surface area contributed by atoms with E-state index in [1.165, 1.54) is 0 Å². The molecule has 1 atom stereocenters. The number of rotatable bonds is 11. The van der Waals surface area contributed by atoms with Crippen molar-refractivity contribution in [2.24, 2.45) is 0 Å². The lowest BCUT2D eigenvalue weighted by molar-refractivity contribution is -0.470. The van der Waals surface area contributed by atoms with Crippen molar-refractivity contribution < 1.29 is 98.4 Å². The molecule has 2 N–H and O–H groups in total. The molecule has 0 aromatic heterocycles. The molecule has 0 rings (SSSR count). The van der Waals surface area contributed by atoms with E-state index in [0.29, 0.717) is 0 Å². The van der Waals surface area contributed by atoms with Crippen LogP contribution in [0.2, 0.25) is 0 Å². The molecule has 0 aliphatic heterocycles. The van der Waals surface area contributed by atoms with Gasteiger partial charge in [0.2, 0.25) is 0 Å². The van der Waals surface area contributed by atoms with Crippen molar-refractivity contribution in [2.45, 2.75) is 79.4 Å². The van der Waals surface area contributed by atoms with Crippen molar-refractivity contribution >= 4 is 5.97 Å². The zero-order valence-electron chi connectivity index (χ0n) is 17.6. The normalized spacial score (nSPS) is 17.0. The Hall–Kier alpha value is -2.16. The molecule has 0 saturated carbocycles. The van der Waals surface area contributed by atoms with Crippen molar-refractivity contribution in [1.29, 1.82) is 0 Å². The van der Waals surface area contributed by atoms with Crippen LogP contribution in [0.15, 0.2) is 11.6 Å². The number of carbonyl (C=O) groups is 1. The van der Waals surface area contributed by atoms with E-state index in [-0.39, 0.29) is 0 Å². The Labute approximate surface area is 196 Å². The average Bonchev–Trinajstić information content (AvgIpc) is 2.67. The highest BCUT2D eigenvalue weighted by atomic mass is 19.4. The van der Waals surface area contributed by atoms with Gasteiger partial charge in [-0.15, -0.1) is 0 Å². The number of halogens is 19. The monoisotopic (exact) mass is 612 g/mol. The van der Waals surface area contributed by atoms with E-state index in [9.17, 15) is 88.2 Å². The second-order valence-electron chi connectivity index (χ2n) is 7.51. The summed E-state index contributed by atoms with van der Waals surface area (Å²) in [5.74, 6) is -54.0. The molecule has 0 amide bonds. The predicted molar refractivity (Wildman–Crippen MR) is 82.3 cm³/mol. The highest BCUT2D eigenvalue weighted by Crippen LogP contribution is 2.66. The van der Waals surface area contributed by atoms with Gasteiger partial charge in [0, 0.05) is 11.6 Å². The Morgan fingerprint density at radius 1 is 0.632 bits per heavy atom. The molecule has 38 heavy (non-hydrogen) atoms. The van der Waals surface area contributed by atoms with Crippen LogP contribution in [0.5, 0.6) is 0 Å². The number of carboxylic acids is 1. The van der Waals surface area contributed by atoms with Crippen molar-refractivity contribution in [3.63, 3.8) is 0 Å². The first kappa shape index (κ1) is 35.8. The molecule has 0 saturated heterocycles. The summed E-state index contributed by atoms with van der Waals surface area (Å²) in [6.07, 6.45) is -22.5. The molecule has 0 fully saturated rings. The van der Waals surface area contributed by atoms with Gasteiger partial charge in [0.15, 0.2) is 0 Å². The average molecular weight is 612 g/mol. The molecule has 1 unspecified atom stereocenters. The SMILES string of the molecule is CC(O)CCC(=CC(F)(F)C(F)(F)C(F)(F)C(F)(F)C(F)(F)C(F)(F)C(F)(C(F)(F)F)C(F)(F)F)C(=O)O. The van der Waals surface area contributed by atoms with Gasteiger partial charge in [-0.25, -0.2) is 9.18 Å². The maximum absolute atomic E-state index is 13.8. The smallest absolute Gasteiger partial charge is 0.438 e. The Bertz CT molecular complexity index is 883. The Kier molecular flexibility index (Phi) is 9.23. The standard InChI is InChI=1S/C16H11F19O3/c1-5(36)2-3-6(7(37)38)4-8(17,18)10(20,21)12(24,25)14(28,29)13(26,27)11(22,23)9(19,15(30,31)32)16(33,34)35/h4-5,36H,2-3H2,1H3,(H,37,38). The van der Waals surface area contributed by atoms with Gasteiger partial charge in [-0.3, -0.25) is 0 Å². The second-order valence-corrected chi connectivity index (χ2v) is 7.51. The molecule has 0 aliphatic carbocycles. The fraction of sp³-hybridized carbons (Fsp3) is 0.812. The van der Waals surface area contributed by atoms with Crippen LogP contribution in [-0.2, 0) is 4.79 Å². The van der Waals surface area contributed by atoms with Gasteiger partial charge in [0.25, 0.3) is 0 Å². The minimum Gasteiger partial charge on any atom is -0.478 e. The van der Waals surface area contributed by atoms with Gasteiger partial charge < -0.3 is 10.2 Å². The fourth-order valence-electron chi connectivity index (χ4n) is 2.45. The van der Waals surface area contributed by atoms with Crippen molar-refractivity contribution in [3.8, 4) is 0 Å². The first-order valence-electron chi connectivity index (χ1n) is 8.94. The molecule has 0 aromatic rings. The Morgan fingerprint density at radius 3 is 1.24 bits per heavy atom. The highest BCUT2D eigenvalue weighted by molar-refractivity contribution is 5.86. The summed E-state index contributed by atoms with van der Waals surface area (Å²) in [7, 11) is 0. The van der Waals surface area contributed by atoms with Gasteiger partial charge in [-0.2, -0.15) is 79.0 Å². The lowest BCUT2D eigenvalue weighted by Crippen LogP contribution is -2.77. The van der Waals surface area contributed by atoms with E-state index >= 15 is 0 Å². The molecular weight excluding hydrogens is 601 g/mol. The van der Waals surface area contributed by atoms with Gasteiger partial charge in [0.1, 0.15) is 0 Å². The summed E-state index contributed by atoms with van der Waals surface area (Å²) in [6.45, 7) is 0.815. The zero-order valence-corrected chi connectivity index (χ0v) is 17.6. The molecule has 22 heteroatoms. The van der Waals surface area contributed by atoms with Crippen LogP contribution < -0.4 is 0 Å². The minimum absolute atomic E-state index is 0.815. The molecule has 0 radical (unpaired) electrons. The number of carboxylic acid groups (broad SMARTS) is 1. The van der Waals surface area contributed by atoms with Crippen molar-refractivity contribution in [1.82, 2.24) is 0 Å². The fourth-order valence-corrected chi connectivity index (χ4v) is 2.45. The number of alkyl halides is 19. The van der Waals surface area contributed by atoms with E-state index in [1.807, 2.05) is 0 Å². The lowest BCUT2D eigenvalue weighted by Gasteiger charge is -2.44. The van der Waals surface area contributed by atoms with Gasteiger partial charge in [0.05, 0.1) is 6.10 Å². The molecule has 3 nitrogen and oxygen atoms in total. The van der Waals surface area contributed by atoms with E-state index in [0.717, 1.165) is 6.92 Å². The third kappa shape index (κ3) is 5.19. The first-order chi connectivity index (χ1) is 16.2. The maximum atomic E-state index is 13.8. The van der Waals surface area contributed by atoms with Crippen LogP contribution in [0.3, 0.4) is 0 Å². The third-order valence-corrected chi connectivity index (χ3v) is 4.67. The largest absolute Gasteiger partial charge is 0.478 e. The van der Waals surface area contributed by atoms with Crippen molar-refractivity contribution in [3.05, 3.63) is 11.6 Å². The van der Waals surface area contributed by atoms with E-state index in [1.54, 1.807) is 0 Å². The van der Waals surface area contributed by atoms with Crippen LogP contribution >= 0.6 is 0 Å². The van der Waals surface area contributed by atoms with Crippen LogP contribution in [0.25, 0.3) is 0 Å². The van der Waals surface area contributed by atoms with Crippen molar-refractivity contribution in [2.75, 3.05) is 0 Å². The zero-order chi connectivity index (χ0) is 31.4. The number of allylic oxidation sites excluding steroid dienone is 1. The summed E-state index contributed by atoms with van der Waals surface area (Å²) >= 11 is 0. The molecule has 0 aromatic carbocycles. The molecule has 0 spiro atoms. The first-order valence-corrected chi connectivity index (χ1v) is 8.94. The maximum Gasteiger partial charge on any atom is 0.438 e. The quantitative estimate of drug-likeness (QED) is 0.199. The highest BCUT2D eigenvalue weighted by Gasteiger charge is 2.98. The van der Waals surface area contributed by atoms with Gasteiger partial charge >= 0.3 is 59.5 Å². The van der Waals surface area contributed by atoms with Crippen LogP contribution in [0.1, 0.15) is 19.8 Å². The van der Waals surface area contributed by atoms with E-state index in [4.69, 9.17) is 10.2 Å². The second kappa shape index (κ2) is 9.79. The summed E-state index contributed by atoms with van der Waals surface area (Å²) < 4.78 is 252. The molecule has 0 bridgehead atoms. The molecule has 0 heterocycles. The van der Waals surface area contributed by atoms with Crippen LogP contribution in [0, 0.1) is 0 Å². The Balaban J connectivity index is 7.15. The predicted octanol–water partition coefficient (Wildman–Crippen LogP) is 6.80. The topological polar surface area (TPSA) is 57.5 Å². The van der Waals surface area contributed by atoms with Crippen LogP contribution in [0.4, 0.5) is 83.4 Å². The van der Waals surface area contributed by atoms with Crippen LogP contribution in [-0.4, -0.2) is 75.8 Å². The lowest BCUT2D eigenvalue weighted by atomic mass is 9.83. The Morgan fingerprint density at radius 2 is 0.947 bits per heavy atom. The minimum atomic E-state index is -9.14. The number of aliphatic carboxylic acids is 1. The van der Waals surface area contributed by atoms with Gasteiger partial charge in [-0.05, 0) is 19.8 Å². The molecule has 0 aliphatic rings. The van der Waals surface area contributed by atoms with Gasteiger partial charge in [-0.1, -0.05) is 0 Å². The number of hydrogen-bond acceptors (Lipinski definition) is 2. The van der Waals surface area contributed by atoms with E-state index in [2.05, 4.69) is 0 Å². The summed E-state index contributed by atoms with van der Waals surface area (Å²) in [6, 6.07) is 0. The summed E-state index contributed by atoms with van der Waals surface area (Å²) in [5, 5.41) is 17.5. The number of hydrogen-bond donors (Lipinski definition) is 2. The molecule has 226 valence electrons. The molecular formula is C16H11F19O3. The number of aliphatic hydroxyl groups excluding tert-OH is 1. The number of aliphatic hydroxyl groups is 1. The third-order valence-electron chi connectivity index (χ3n) is 4.67. The summed E-state index contributed by atoms with van der Waals surface area (Å²) in [4.78, 5) is 10.8. The summed E-state index contributed by atoms with van der Waals surface area (Å²) in [5.41, 5.74) is -10.9. The van der Waals surface area contributed by atoms with E-state index < -0.39 is 90.1 Å².